The number of carbonyl (C=O) groups is 1. The Labute approximate surface area is 172 Å². The van der Waals surface area contributed by atoms with Gasteiger partial charge in [0.15, 0.2) is 6.10 Å². The molecule has 4 unspecified atom stereocenters. The molecule has 1 aromatic rings. The first-order chi connectivity index (χ1) is 14.3. The van der Waals surface area contributed by atoms with Gasteiger partial charge in [-0.05, 0) is 37.0 Å². The van der Waals surface area contributed by atoms with Gasteiger partial charge in [0.1, 0.15) is 6.17 Å². The maximum absolute atomic E-state index is 12.7. The summed E-state index contributed by atoms with van der Waals surface area (Å²) in [5.74, 6) is -0.571. The number of piperidine rings is 1. The molecule has 2 aliphatic heterocycles. The van der Waals surface area contributed by atoms with Gasteiger partial charge in [-0.25, -0.2) is 10.4 Å². The third-order valence-electron chi connectivity index (χ3n) is 6.32. The summed E-state index contributed by atoms with van der Waals surface area (Å²) < 4.78 is 38.1. The molecule has 3 aliphatic rings. The summed E-state index contributed by atoms with van der Waals surface area (Å²) in [6.07, 6.45) is -4.27. The summed E-state index contributed by atoms with van der Waals surface area (Å²) >= 11 is 0. The van der Waals surface area contributed by atoms with Crippen LogP contribution in [0, 0.1) is 23.2 Å². The van der Waals surface area contributed by atoms with Gasteiger partial charge >= 0.3 is 6.18 Å². The molecule has 0 spiro atoms. The van der Waals surface area contributed by atoms with E-state index >= 15 is 0 Å². The lowest BCUT2D eigenvalue weighted by Gasteiger charge is -2.35. The average Bonchev–Trinajstić information content (AvgIpc) is 3.32. The fourth-order valence-corrected chi connectivity index (χ4v) is 4.86. The number of benzene rings is 1. The van der Waals surface area contributed by atoms with Crippen molar-refractivity contribution >= 4 is 11.6 Å². The predicted molar refractivity (Wildman–Crippen MR) is 101 cm³/mol. The van der Waals surface area contributed by atoms with Crippen LogP contribution in [0.3, 0.4) is 0 Å². The Hall–Kier alpha value is -2.35. The number of alkyl halides is 3. The van der Waals surface area contributed by atoms with E-state index in [4.69, 9.17) is 0 Å². The maximum atomic E-state index is 12.7. The standard InChI is InChI=1S/C20H24F3N5O2/c21-20(22,23)17(29)11-4-6-13(7-5-11)26-18-16-15(8-9-25-19(16)30)28(27-18)14-3-1-2-12(14)10-24/h4-7,12,14-18,26-27,29H,1-3,8-9H2,(H,25,30)/t12-,14+,15?,16?,17?,18?/m1/s1. The summed E-state index contributed by atoms with van der Waals surface area (Å²) in [5, 5.41) is 27.0. The summed E-state index contributed by atoms with van der Waals surface area (Å²) in [4.78, 5) is 12.6. The van der Waals surface area contributed by atoms with Crippen molar-refractivity contribution < 1.29 is 23.1 Å². The van der Waals surface area contributed by atoms with Crippen LogP contribution < -0.4 is 16.1 Å². The lowest BCUT2D eigenvalue weighted by molar-refractivity contribution is -0.206. The molecule has 162 valence electrons. The highest BCUT2D eigenvalue weighted by molar-refractivity contribution is 5.82. The number of nitrogens with zero attached hydrogens (tertiary/aromatic N) is 2. The molecular weight excluding hydrogens is 399 g/mol. The molecule has 6 atom stereocenters. The first-order valence-electron chi connectivity index (χ1n) is 10.1. The quantitative estimate of drug-likeness (QED) is 0.592. The fraction of sp³-hybridized carbons (Fsp3) is 0.600. The summed E-state index contributed by atoms with van der Waals surface area (Å²) in [5.41, 5.74) is 3.65. The average molecular weight is 423 g/mol. The molecule has 1 aromatic carbocycles. The van der Waals surface area contributed by atoms with Crippen LogP contribution in [0.1, 0.15) is 37.4 Å². The molecule has 1 saturated carbocycles. The van der Waals surface area contributed by atoms with Crippen LogP contribution in [0.2, 0.25) is 0 Å². The van der Waals surface area contributed by atoms with Gasteiger partial charge in [0.05, 0.1) is 17.9 Å². The number of hydrazine groups is 1. The van der Waals surface area contributed by atoms with Crippen LogP contribution in [0.5, 0.6) is 0 Å². The Bertz CT molecular complexity index is 825. The number of hydrogen-bond donors (Lipinski definition) is 4. The second kappa shape index (κ2) is 8.06. The molecule has 1 amide bonds. The Morgan fingerprint density at radius 1 is 1.20 bits per heavy atom. The number of carbonyl (C=O) groups excluding carboxylic acids is 1. The van der Waals surface area contributed by atoms with E-state index in [-0.39, 0.29) is 35.4 Å². The highest BCUT2D eigenvalue weighted by Crippen LogP contribution is 2.37. The topological polar surface area (TPSA) is 100 Å². The zero-order valence-corrected chi connectivity index (χ0v) is 16.2. The molecule has 0 bridgehead atoms. The van der Waals surface area contributed by atoms with Crippen LogP contribution in [0.15, 0.2) is 24.3 Å². The minimum atomic E-state index is -4.73. The molecule has 2 heterocycles. The van der Waals surface area contributed by atoms with Gasteiger partial charge in [-0.3, -0.25) is 4.79 Å². The molecule has 1 aliphatic carbocycles. The monoisotopic (exact) mass is 423 g/mol. The van der Waals surface area contributed by atoms with E-state index in [1.807, 2.05) is 0 Å². The highest BCUT2D eigenvalue weighted by atomic mass is 19.4. The fourth-order valence-electron chi connectivity index (χ4n) is 4.86. The highest BCUT2D eigenvalue weighted by Gasteiger charge is 2.51. The number of nitriles is 1. The molecule has 2 saturated heterocycles. The van der Waals surface area contributed by atoms with Crippen LogP contribution >= 0.6 is 0 Å². The van der Waals surface area contributed by atoms with Gasteiger partial charge in [0.2, 0.25) is 5.91 Å². The molecule has 7 nitrogen and oxygen atoms in total. The van der Waals surface area contributed by atoms with E-state index in [1.54, 1.807) is 0 Å². The van der Waals surface area contributed by atoms with Crippen LogP contribution in [-0.2, 0) is 4.79 Å². The van der Waals surface area contributed by atoms with E-state index in [0.717, 1.165) is 25.7 Å². The molecule has 0 radical (unpaired) electrons. The number of aliphatic hydroxyl groups excluding tert-OH is 1. The number of nitrogens with one attached hydrogen (secondary N) is 3. The van der Waals surface area contributed by atoms with E-state index in [1.165, 1.54) is 24.3 Å². The summed E-state index contributed by atoms with van der Waals surface area (Å²) in [6.45, 7) is 0.568. The third-order valence-corrected chi connectivity index (χ3v) is 6.32. The lowest BCUT2D eigenvalue weighted by atomic mass is 9.90. The number of hydrogen-bond acceptors (Lipinski definition) is 6. The first-order valence-corrected chi connectivity index (χ1v) is 10.1. The minimum Gasteiger partial charge on any atom is -0.379 e. The molecule has 0 aromatic heterocycles. The molecule has 10 heteroatoms. The smallest absolute Gasteiger partial charge is 0.379 e. The number of fused-ring (bicyclic) bond motifs is 1. The second-order valence-corrected chi connectivity index (χ2v) is 8.13. The number of amides is 1. The van der Waals surface area contributed by atoms with Gasteiger partial charge in [-0.2, -0.15) is 18.4 Å². The van der Waals surface area contributed by atoms with E-state index in [9.17, 15) is 28.3 Å². The van der Waals surface area contributed by atoms with Crippen LogP contribution in [0.25, 0.3) is 0 Å². The van der Waals surface area contributed by atoms with Crippen molar-refractivity contribution in [3.05, 3.63) is 29.8 Å². The Kier molecular flexibility index (Phi) is 5.61. The van der Waals surface area contributed by atoms with Gasteiger partial charge in [0, 0.05) is 24.3 Å². The van der Waals surface area contributed by atoms with Crippen molar-refractivity contribution in [1.29, 1.82) is 5.26 Å². The van der Waals surface area contributed by atoms with Crippen LogP contribution in [-0.4, -0.2) is 47.0 Å². The van der Waals surface area contributed by atoms with Gasteiger partial charge in [-0.15, -0.1) is 0 Å². The van der Waals surface area contributed by atoms with Crippen molar-refractivity contribution in [2.75, 3.05) is 11.9 Å². The lowest BCUT2D eigenvalue weighted by Crippen LogP contribution is -2.52. The summed E-state index contributed by atoms with van der Waals surface area (Å²) in [6, 6.07) is 7.70. The SMILES string of the molecule is N#C[C@H]1CCC[C@@H]1N1NC(Nc2ccc(C(O)C(F)(F)F)cc2)C2C(=O)NCCC21. The number of aliphatic hydroxyl groups is 1. The van der Waals surface area contributed by atoms with E-state index in [2.05, 4.69) is 27.1 Å². The van der Waals surface area contributed by atoms with Crippen molar-refractivity contribution in [2.24, 2.45) is 11.8 Å². The minimum absolute atomic E-state index is 0.0320. The van der Waals surface area contributed by atoms with Gasteiger partial charge < -0.3 is 15.7 Å². The molecule has 4 N–H and O–H groups in total. The number of anilines is 1. The van der Waals surface area contributed by atoms with E-state index in [0.29, 0.717) is 12.2 Å². The predicted octanol–water partition coefficient (Wildman–Crippen LogP) is 2.04. The zero-order chi connectivity index (χ0) is 21.5. The molecular formula is C20H24F3N5O2. The van der Waals surface area contributed by atoms with Gasteiger partial charge in [-0.1, -0.05) is 18.6 Å². The normalized spacial score (nSPS) is 32.9. The molecule has 4 rings (SSSR count). The number of rotatable bonds is 4. The van der Waals surface area contributed by atoms with Crippen molar-refractivity contribution in [1.82, 2.24) is 15.8 Å². The largest absolute Gasteiger partial charge is 0.418 e. The number of halogens is 3. The van der Waals surface area contributed by atoms with E-state index < -0.39 is 18.4 Å². The Morgan fingerprint density at radius 2 is 1.93 bits per heavy atom. The van der Waals surface area contributed by atoms with Crippen molar-refractivity contribution in [2.45, 2.75) is 56.2 Å². The zero-order valence-electron chi connectivity index (χ0n) is 16.2. The second-order valence-electron chi connectivity index (χ2n) is 8.13. The molecule has 3 fully saturated rings. The van der Waals surface area contributed by atoms with Crippen molar-refractivity contribution in [3.8, 4) is 6.07 Å². The van der Waals surface area contributed by atoms with Crippen LogP contribution in [0.4, 0.5) is 18.9 Å². The molecule has 30 heavy (non-hydrogen) atoms. The Balaban J connectivity index is 1.52. The maximum Gasteiger partial charge on any atom is 0.418 e. The Morgan fingerprint density at radius 3 is 2.60 bits per heavy atom. The van der Waals surface area contributed by atoms with Crippen molar-refractivity contribution in [3.63, 3.8) is 0 Å². The first kappa shape index (κ1) is 20.9. The van der Waals surface area contributed by atoms with Gasteiger partial charge in [0.25, 0.3) is 0 Å². The third kappa shape index (κ3) is 3.85. The summed E-state index contributed by atoms with van der Waals surface area (Å²) in [7, 11) is 0.